The topological polar surface area (TPSA) is 0 Å². The Kier molecular flexibility index (Phi) is 4.98. The Labute approximate surface area is 129 Å². The van der Waals surface area contributed by atoms with Crippen molar-refractivity contribution in [3.8, 4) is 0 Å². The second-order valence-corrected chi connectivity index (χ2v) is 17.0. The Morgan fingerprint density at radius 1 is 0.778 bits per heavy atom. The van der Waals surface area contributed by atoms with Crippen LogP contribution in [0.4, 0.5) is 0 Å². The van der Waals surface area contributed by atoms with Crippen molar-refractivity contribution in [3.63, 3.8) is 0 Å². The zero-order valence-corrected chi connectivity index (χ0v) is 16.9. The number of benzene rings is 2. The van der Waals surface area contributed by atoms with Gasteiger partial charge in [-0.25, -0.2) is 0 Å². The second-order valence-electron chi connectivity index (χ2n) is 4.38. The number of rotatable bonds is 2. The molecule has 0 aliphatic rings. The maximum absolute atomic E-state index is 6.69. The van der Waals surface area contributed by atoms with Crippen LogP contribution in [-0.2, 0) is 0 Å². The molecule has 0 N–H and O–H groups in total. The molecule has 0 bridgehead atoms. The van der Waals surface area contributed by atoms with Gasteiger partial charge in [0.05, 0.1) is 0 Å². The van der Waals surface area contributed by atoms with E-state index in [1.54, 1.807) is 0 Å². The minimum absolute atomic E-state index is 0.788. The van der Waals surface area contributed by atoms with Crippen LogP contribution in [0.5, 0.6) is 0 Å². The fourth-order valence-electron chi connectivity index (χ4n) is 1.73. The van der Waals surface area contributed by atoms with Crippen molar-refractivity contribution in [2.75, 3.05) is 0 Å². The van der Waals surface area contributed by atoms with Gasteiger partial charge in [-0.1, -0.05) is 0 Å². The van der Waals surface area contributed by atoms with Crippen molar-refractivity contribution in [3.05, 3.63) is 57.6 Å². The first kappa shape index (κ1) is 14.6. The first-order valence-electron chi connectivity index (χ1n) is 5.65. The van der Waals surface area contributed by atoms with E-state index >= 15 is 0 Å². The summed E-state index contributed by atoms with van der Waals surface area (Å²) in [5, 5.41) is 1.58. The molecule has 4 heteroatoms. The Hall–Kier alpha value is 0.232. The van der Waals surface area contributed by atoms with E-state index in [2.05, 4.69) is 12.1 Å². The van der Waals surface area contributed by atoms with Crippen LogP contribution in [0.1, 0.15) is 11.1 Å². The van der Waals surface area contributed by atoms with Gasteiger partial charge in [-0.3, -0.25) is 0 Å². The number of hydrogen-bond donors (Lipinski definition) is 0. The molecule has 0 aromatic heterocycles. The van der Waals surface area contributed by atoms with Gasteiger partial charge in [0, 0.05) is 0 Å². The summed E-state index contributed by atoms with van der Waals surface area (Å²) in [7, 11) is 6.69. The fraction of sp³-hybridized carbons (Fsp3) is 0.143. The first-order chi connectivity index (χ1) is 8.49. The summed E-state index contributed by atoms with van der Waals surface area (Å²) >= 11 is 9.71. The normalized spacial score (nSPS) is 10.5. The van der Waals surface area contributed by atoms with Crippen LogP contribution in [0.25, 0.3) is 0 Å². The van der Waals surface area contributed by atoms with Crippen LogP contribution in [0.15, 0.2) is 36.4 Å². The Morgan fingerprint density at radius 3 is 1.50 bits per heavy atom. The molecule has 2 rings (SSSR count). The van der Waals surface area contributed by atoms with Crippen molar-refractivity contribution in [1.82, 2.24) is 0 Å². The van der Waals surface area contributed by atoms with E-state index in [0.717, 1.165) is 21.2 Å². The molecule has 0 aliphatic carbocycles. The molecule has 0 atom stereocenters. The first-order valence-corrected chi connectivity index (χ1v) is 16.4. The number of aryl methyl sites for hydroxylation is 2. The van der Waals surface area contributed by atoms with Crippen molar-refractivity contribution >= 4 is 59.2 Å². The average Bonchev–Trinajstić information content (AvgIpc) is 2.35. The summed E-state index contributed by atoms with van der Waals surface area (Å²) in [5.41, 5.74) is 2.17. The van der Waals surface area contributed by atoms with Crippen molar-refractivity contribution in [2.24, 2.45) is 0 Å². The molecule has 0 nitrogen and oxygen atoms in total. The van der Waals surface area contributed by atoms with Gasteiger partial charge in [0.2, 0.25) is 0 Å². The zero-order chi connectivity index (χ0) is 13.3. The Balaban J connectivity index is 2.37. The van der Waals surface area contributed by atoms with E-state index in [9.17, 15) is 0 Å². The summed E-state index contributed by atoms with van der Waals surface area (Å²) in [6.07, 6.45) is 0. The van der Waals surface area contributed by atoms with Crippen LogP contribution >= 0.6 is 31.5 Å². The van der Waals surface area contributed by atoms with Crippen LogP contribution in [-0.4, -0.2) is 21.5 Å². The molecule has 92 valence electrons. The number of hydrogen-bond acceptors (Lipinski definition) is 0. The Bertz CT molecular complexity index is 530. The fourth-order valence-corrected chi connectivity index (χ4v) is 11.3. The molecule has 0 saturated carbocycles. The molecule has 0 fully saturated rings. The average molecular weight is 491 g/mol. The molecule has 0 spiro atoms. The van der Waals surface area contributed by atoms with Gasteiger partial charge in [0.15, 0.2) is 0 Å². The third kappa shape index (κ3) is 3.21. The van der Waals surface area contributed by atoms with Gasteiger partial charge in [0.25, 0.3) is 0 Å². The van der Waals surface area contributed by atoms with E-state index in [4.69, 9.17) is 31.5 Å². The second kappa shape index (κ2) is 6.12. The van der Waals surface area contributed by atoms with Gasteiger partial charge >= 0.3 is 131 Å². The van der Waals surface area contributed by atoms with E-state index in [1.165, 1.54) is 6.25 Å². The van der Waals surface area contributed by atoms with Crippen molar-refractivity contribution in [2.45, 2.75) is 13.8 Å². The third-order valence-electron chi connectivity index (χ3n) is 2.98. The molecule has 2 aromatic carbocycles. The SMILES string of the molecule is Cc1cc[c]([Tl]([Cl])[c]2ccc(C)c(Cl)c2)cc1Cl. The van der Waals surface area contributed by atoms with Gasteiger partial charge in [-0.05, 0) is 0 Å². The number of halogens is 3. The molecular weight excluding hydrogens is 479 g/mol. The molecule has 2 aromatic rings. The molecule has 0 amide bonds. The molecule has 0 radical (unpaired) electrons. The standard InChI is InChI=1S/2C7H6Cl.ClH.Tl/c2*1-6-4-2-3-5-7(6)8;;/h2*2,4-5H,1H3;1H;/q;;;+1/p-1. The van der Waals surface area contributed by atoms with Gasteiger partial charge < -0.3 is 0 Å². The predicted molar refractivity (Wildman–Crippen MR) is 83.3 cm³/mol. The molecule has 0 saturated heterocycles. The van der Waals surface area contributed by atoms with E-state index < -0.39 is 21.5 Å². The van der Waals surface area contributed by atoms with Gasteiger partial charge in [0.1, 0.15) is 0 Å². The van der Waals surface area contributed by atoms with Crippen LogP contribution < -0.4 is 6.25 Å². The summed E-state index contributed by atoms with van der Waals surface area (Å²) in [6, 6.07) is 12.3. The van der Waals surface area contributed by atoms with Crippen LogP contribution in [0.3, 0.4) is 0 Å². The van der Waals surface area contributed by atoms with Crippen LogP contribution in [0.2, 0.25) is 10.0 Å². The van der Waals surface area contributed by atoms with Crippen LogP contribution in [0, 0.1) is 13.8 Å². The zero-order valence-electron chi connectivity index (χ0n) is 10.2. The molecule has 0 unspecified atom stereocenters. The molecule has 18 heavy (non-hydrogen) atoms. The van der Waals surface area contributed by atoms with E-state index in [-0.39, 0.29) is 0 Å². The van der Waals surface area contributed by atoms with Crippen molar-refractivity contribution in [1.29, 1.82) is 0 Å². The van der Waals surface area contributed by atoms with E-state index in [0.29, 0.717) is 0 Å². The third-order valence-corrected chi connectivity index (χ3v) is 15.6. The summed E-state index contributed by atoms with van der Waals surface area (Å²) in [6.45, 7) is 3.99. The summed E-state index contributed by atoms with van der Waals surface area (Å²) in [5.74, 6) is 0. The molecule has 0 heterocycles. The quantitative estimate of drug-likeness (QED) is 0.559. The Morgan fingerprint density at radius 2 is 1.17 bits per heavy atom. The predicted octanol–water partition coefficient (Wildman–Crippen LogP) is 3.95. The summed E-state index contributed by atoms with van der Waals surface area (Å²) in [4.78, 5) is 0. The summed E-state index contributed by atoms with van der Waals surface area (Å²) < 4.78 is 2.40. The van der Waals surface area contributed by atoms with Gasteiger partial charge in [-0.15, -0.1) is 0 Å². The molecule has 0 aliphatic heterocycles. The monoisotopic (exact) mass is 490 g/mol. The minimum atomic E-state index is -2.60. The maximum atomic E-state index is 6.69. The van der Waals surface area contributed by atoms with E-state index in [1.807, 2.05) is 38.1 Å². The van der Waals surface area contributed by atoms with Crippen molar-refractivity contribution < 1.29 is 0 Å². The molecular formula is C14H12Cl3Tl. The van der Waals surface area contributed by atoms with Gasteiger partial charge in [-0.2, -0.15) is 0 Å².